The zero-order valence-electron chi connectivity index (χ0n) is 14.6. The van der Waals surface area contributed by atoms with E-state index in [-0.39, 0.29) is 0 Å². The molecule has 3 heterocycles. The highest BCUT2D eigenvalue weighted by atomic mass is 79.9. The lowest BCUT2D eigenvalue weighted by molar-refractivity contribution is 0.266. The van der Waals surface area contributed by atoms with Crippen molar-refractivity contribution < 1.29 is 9.15 Å². The number of hydrogen-bond donors (Lipinski definition) is 1. The van der Waals surface area contributed by atoms with Crippen LogP contribution in [-0.2, 0) is 0 Å². The topological polar surface area (TPSA) is 73.1 Å². The van der Waals surface area contributed by atoms with Gasteiger partial charge in [-0.25, -0.2) is 0 Å². The third kappa shape index (κ3) is 4.17. The molecule has 4 rings (SSSR count). The van der Waals surface area contributed by atoms with Crippen LogP contribution < -0.4 is 10.1 Å². The zero-order chi connectivity index (χ0) is 18.6. The van der Waals surface area contributed by atoms with Gasteiger partial charge in [0.05, 0.1) is 6.26 Å². The predicted octanol–water partition coefficient (Wildman–Crippen LogP) is 5.24. The standard InChI is InChI=1S/C19H17BrN4O2S/c1-2-10-27-19-22-18-17(23-24-19)14-11-12(20)5-7-15(14)21-16(26-18)8-6-13-4-3-9-25-13/h3-9,11,16,21H,2,10H2,1H3. The summed E-state index contributed by atoms with van der Waals surface area (Å²) in [5.41, 5.74) is 2.41. The van der Waals surface area contributed by atoms with Crippen LogP contribution in [0.1, 0.15) is 19.1 Å². The van der Waals surface area contributed by atoms with Gasteiger partial charge >= 0.3 is 0 Å². The summed E-state index contributed by atoms with van der Waals surface area (Å²) in [6.07, 6.45) is 6.01. The van der Waals surface area contributed by atoms with Crippen LogP contribution in [0.4, 0.5) is 5.69 Å². The molecule has 0 bridgehead atoms. The van der Waals surface area contributed by atoms with E-state index in [0.29, 0.717) is 16.7 Å². The molecular weight excluding hydrogens is 428 g/mol. The van der Waals surface area contributed by atoms with Crippen molar-refractivity contribution in [3.05, 3.63) is 52.9 Å². The molecular formula is C19H17BrN4O2S. The average molecular weight is 445 g/mol. The SMILES string of the molecule is CCCSc1nnc2c(n1)OC(C=Cc1ccco1)Nc1ccc(Br)cc1-2. The van der Waals surface area contributed by atoms with Gasteiger partial charge in [0.2, 0.25) is 11.0 Å². The summed E-state index contributed by atoms with van der Waals surface area (Å²) in [6, 6.07) is 9.66. The molecule has 138 valence electrons. The largest absolute Gasteiger partial charge is 0.465 e. The van der Waals surface area contributed by atoms with E-state index in [1.54, 1.807) is 18.0 Å². The number of aromatic nitrogens is 3. The lowest BCUT2D eigenvalue weighted by Gasteiger charge is -2.15. The van der Waals surface area contributed by atoms with E-state index in [4.69, 9.17) is 9.15 Å². The lowest BCUT2D eigenvalue weighted by Crippen LogP contribution is -2.23. The molecule has 0 fully saturated rings. The maximum atomic E-state index is 6.12. The monoisotopic (exact) mass is 444 g/mol. The highest BCUT2D eigenvalue weighted by Crippen LogP contribution is 2.38. The van der Waals surface area contributed by atoms with Gasteiger partial charge in [-0.2, -0.15) is 4.98 Å². The summed E-state index contributed by atoms with van der Waals surface area (Å²) in [4.78, 5) is 4.59. The van der Waals surface area contributed by atoms with Crippen molar-refractivity contribution in [1.29, 1.82) is 0 Å². The molecule has 0 radical (unpaired) electrons. The Morgan fingerprint density at radius 1 is 1.30 bits per heavy atom. The van der Waals surface area contributed by atoms with E-state index < -0.39 is 6.23 Å². The lowest BCUT2D eigenvalue weighted by atomic mass is 10.1. The molecule has 1 unspecified atom stereocenters. The van der Waals surface area contributed by atoms with Crippen LogP contribution in [0.15, 0.2) is 56.7 Å². The van der Waals surface area contributed by atoms with Crippen molar-refractivity contribution in [2.24, 2.45) is 0 Å². The van der Waals surface area contributed by atoms with Crippen molar-refractivity contribution in [2.75, 3.05) is 11.1 Å². The van der Waals surface area contributed by atoms with E-state index in [2.05, 4.69) is 43.4 Å². The second-order valence-electron chi connectivity index (χ2n) is 5.84. The number of anilines is 1. The van der Waals surface area contributed by atoms with E-state index in [1.165, 1.54) is 0 Å². The fraction of sp³-hybridized carbons (Fsp3) is 0.211. The quantitative estimate of drug-likeness (QED) is 0.539. The number of benzene rings is 1. The van der Waals surface area contributed by atoms with Gasteiger partial charge in [-0.15, -0.1) is 10.2 Å². The van der Waals surface area contributed by atoms with Gasteiger partial charge in [0.25, 0.3) is 0 Å². The maximum absolute atomic E-state index is 6.12. The van der Waals surface area contributed by atoms with Crippen LogP contribution in [0, 0.1) is 0 Å². The maximum Gasteiger partial charge on any atom is 0.247 e. The Morgan fingerprint density at radius 3 is 3.04 bits per heavy atom. The number of fused-ring (bicyclic) bond motifs is 3. The minimum Gasteiger partial charge on any atom is -0.465 e. The fourth-order valence-corrected chi connectivity index (χ4v) is 3.59. The van der Waals surface area contributed by atoms with Gasteiger partial charge < -0.3 is 14.5 Å². The second kappa shape index (κ2) is 8.14. The number of nitrogens with one attached hydrogen (secondary N) is 1. The number of furan rings is 1. The Kier molecular flexibility index (Phi) is 5.45. The molecule has 1 atom stereocenters. The van der Waals surface area contributed by atoms with Crippen molar-refractivity contribution in [2.45, 2.75) is 24.7 Å². The van der Waals surface area contributed by atoms with Gasteiger partial charge in [0, 0.05) is 21.5 Å². The Balaban J connectivity index is 1.72. The van der Waals surface area contributed by atoms with Crippen molar-refractivity contribution in [1.82, 2.24) is 15.2 Å². The molecule has 0 saturated carbocycles. The van der Waals surface area contributed by atoms with Crippen LogP contribution in [0.2, 0.25) is 0 Å². The minimum absolute atomic E-state index is 0.419. The number of ether oxygens (including phenoxy) is 1. The van der Waals surface area contributed by atoms with E-state index in [0.717, 1.165) is 33.7 Å². The van der Waals surface area contributed by atoms with Crippen molar-refractivity contribution in [3.8, 4) is 17.1 Å². The summed E-state index contributed by atoms with van der Waals surface area (Å²) in [5, 5.41) is 12.6. The zero-order valence-corrected chi connectivity index (χ0v) is 17.0. The molecule has 0 saturated heterocycles. The Labute approximate surface area is 169 Å². The molecule has 6 nitrogen and oxygen atoms in total. The van der Waals surface area contributed by atoms with Gasteiger partial charge in [-0.1, -0.05) is 34.6 Å². The van der Waals surface area contributed by atoms with E-state index in [1.807, 2.05) is 42.5 Å². The summed E-state index contributed by atoms with van der Waals surface area (Å²) in [5.74, 6) is 2.14. The van der Waals surface area contributed by atoms with Crippen LogP contribution in [0.3, 0.4) is 0 Å². The van der Waals surface area contributed by atoms with Crippen LogP contribution in [-0.4, -0.2) is 27.2 Å². The van der Waals surface area contributed by atoms with E-state index >= 15 is 0 Å². The average Bonchev–Trinajstić information content (AvgIpc) is 3.14. The van der Waals surface area contributed by atoms with Gasteiger partial charge in [0.15, 0.2) is 11.9 Å². The molecule has 1 N–H and O–H groups in total. The summed E-state index contributed by atoms with van der Waals surface area (Å²) in [7, 11) is 0. The molecule has 2 aromatic heterocycles. The van der Waals surface area contributed by atoms with Crippen LogP contribution >= 0.6 is 27.7 Å². The number of rotatable bonds is 5. The summed E-state index contributed by atoms with van der Waals surface area (Å²) in [6.45, 7) is 2.12. The summed E-state index contributed by atoms with van der Waals surface area (Å²) < 4.78 is 12.4. The van der Waals surface area contributed by atoms with Crippen molar-refractivity contribution in [3.63, 3.8) is 0 Å². The van der Waals surface area contributed by atoms with Crippen LogP contribution in [0.5, 0.6) is 5.88 Å². The molecule has 1 aliphatic heterocycles. The Morgan fingerprint density at radius 2 is 2.22 bits per heavy atom. The summed E-state index contributed by atoms with van der Waals surface area (Å²) >= 11 is 5.09. The number of hydrogen-bond acceptors (Lipinski definition) is 7. The Bertz CT molecular complexity index is 962. The van der Waals surface area contributed by atoms with Gasteiger partial charge in [0.1, 0.15) is 5.76 Å². The first-order valence-corrected chi connectivity index (χ1v) is 10.3. The van der Waals surface area contributed by atoms with Crippen LogP contribution in [0.25, 0.3) is 17.3 Å². The first-order chi connectivity index (χ1) is 13.2. The van der Waals surface area contributed by atoms with Crippen molar-refractivity contribution >= 4 is 39.5 Å². The molecule has 0 amide bonds. The molecule has 1 aromatic carbocycles. The normalized spacial score (nSPS) is 15.6. The number of nitrogens with zero attached hydrogens (tertiary/aromatic N) is 3. The second-order valence-corrected chi connectivity index (χ2v) is 7.82. The van der Waals surface area contributed by atoms with Gasteiger partial charge in [-0.05, 0) is 48.9 Å². The molecule has 0 aliphatic carbocycles. The third-order valence-corrected chi connectivity index (χ3v) is 5.36. The molecule has 8 heteroatoms. The minimum atomic E-state index is -0.419. The number of thioether (sulfide) groups is 1. The fourth-order valence-electron chi connectivity index (χ4n) is 2.60. The van der Waals surface area contributed by atoms with Gasteiger partial charge in [-0.3, -0.25) is 0 Å². The third-order valence-electron chi connectivity index (χ3n) is 3.82. The molecule has 27 heavy (non-hydrogen) atoms. The predicted molar refractivity (Wildman–Crippen MR) is 110 cm³/mol. The molecule has 1 aliphatic rings. The highest BCUT2D eigenvalue weighted by Gasteiger charge is 2.24. The molecule has 3 aromatic rings. The van der Waals surface area contributed by atoms with E-state index in [9.17, 15) is 0 Å². The Hall–Kier alpha value is -2.32. The number of halogens is 1. The molecule has 0 spiro atoms. The first kappa shape index (κ1) is 18.1. The highest BCUT2D eigenvalue weighted by molar-refractivity contribution is 9.10. The first-order valence-electron chi connectivity index (χ1n) is 8.55. The smallest absolute Gasteiger partial charge is 0.247 e.